The predicted octanol–water partition coefficient (Wildman–Crippen LogP) is 1.77. The van der Waals surface area contributed by atoms with Crippen LogP contribution in [-0.4, -0.2) is 6.04 Å². The maximum absolute atomic E-state index is 5.92. The van der Waals surface area contributed by atoms with Gasteiger partial charge >= 0.3 is 0 Å². The third kappa shape index (κ3) is 1.45. The van der Waals surface area contributed by atoms with Crippen LogP contribution in [0.1, 0.15) is 33.1 Å². The number of hydrogen-bond acceptors (Lipinski definition) is 1. The van der Waals surface area contributed by atoms with Crippen molar-refractivity contribution in [3.05, 3.63) is 0 Å². The van der Waals surface area contributed by atoms with Crippen LogP contribution in [0.15, 0.2) is 0 Å². The SMILES string of the molecule is C[C@@H]1CCC[C@@H](C)C1N. The topological polar surface area (TPSA) is 26.0 Å². The third-order valence-corrected chi connectivity index (χ3v) is 2.63. The van der Waals surface area contributed by atoms with Crippen molar-refractivity contribution in [2.45, 2.75) is 39.2 Å². The lowest BCUT2D eigenvalue weighted by molar-refractivity contribution is 0.251. The van der Waals surface area contributed by atoms with Gasteiger partial charge in [0.1, 0.15) is 0 Å². The normalized spacial score (nSPS) is 39.0. The second-order valence-electron chi connectivity index (χ2n) is 3.46. The third-order valence-electron chi connectivity index (χ3n) is 2.63. The van der Waals surface area contributed by atoms with Crippen molar-refractivity contribution in [1.29, 1.82) is 0 Å². The Balaban J connectivity index is 2.41. The van der Waals surface area contributed by atoms with Crippen LogP contribution >= 0.6 is 0 Å². The number of rotatable bonds is 0. The van der Waals surface area contributed by atoms with Crippen LogP contribution in [0, 0.1) is 11.8 Å². The summed E-state index contributed by atoms with van der Waals surface area (Å²) in [6.07, 6.45) is 4.06. The van der Waals surface area contributed by atoms with E-state index in [0.717, 1.165) is 11.8 Å². The van der Waals surface area contributed by atoms with Gasteiger partial charge in [-0.05, 0) is 24.7 Å². The number of nitrogens with two attached hydrogens (primary N) is 1. The Bertz CT molecular complexity index is 80.6. The highest BCUT2D eigenvalue weighted by Gasteiger charge is 2.23. The highest BCUT2D eigenvalue weighted by molar-refractivity contribution is 4.79. The minimum Gasteiger partial charge on any atom is -0.327 e. The minimum atomic E-state index is 0.471. The zero-order valence-corrected chi connectivity index (χ0v) is 6.43. The van der Waals surface area contributed by atoms with E-state index in [1.807, 2.05) is 0 Å². The first-order chi connectivity index (χ1) is 4.22. The van der Waals surface area contributed by atoms with Crippen molar-refractivity contribution in [2.75, 3.05) is 0 Å². The minimum absolute atomic E-state index is 0.471. The molecule has 1 fully saturated rings. The molecule has 0 aromatic heterocycles. The second-order valence-corrected chi connectivity index (χ2v) is 3.46. The average molecular weight is 127 g/mol. The van der Waals surface area contributed by atoms with E-state index in [4.69, 9.17) is 5.73 Å². The maximum atomic E-state index is 5.92. The van der Waals surface area contributed by atoms with Crippen molar-refractivity contribution in [3.8, 4) is 0 Å². The quantitative estimate of drug-likeness (QED) is 0.527. The summed E-state index contributed by atoms with van der Waals surface area (Å²) in [6.45, 7) is 4.53. The van der Waals surface area contributed by atoms with Gasteiger partial charge < -0.3 is 5.73 Å². The summed E-state index contributed by atoms with van der Waals surface area (Å²) in [5.41, 5.74) is 5.92. The van der Waals surface area contributed by atoms with Gasteiger partial charge in [-0.25, -0.2) is 0 Å². The van der Waals surface area contributed by atoms with Gasteiger partial charge in [0, 0.05) is 6.04 Å². The molecule has 0 aromatic carbocycles. The van der Waals surface area contributed by atoms with E-state index >= 15 is 0 Å². The summed E-state index contributed by atoms with van der Waals surface area (Å²) >= 11 is 0. The van der Waals surface area contributed by atoms with Gasteiger partial charge in [-0.15, -0.1) is 0 Å². The summed E-state index contributed by atoms with van der Waals surface area (Å²) in [5, 5.41) is 0. The molecular formula is C8H17N. The largest absolute Gasteiger partial charge is 0.327 e. The van der Waals surface area contributed by atoms with Gasteiger partial charge in [0.2, 0.25) is 0 Å². The molecule has 1 heteroatoms. The first-order valence-electron chi connectivity index (χ1n) is 3.97. The van der Waals surface area contributed by atoms with Crippen molar-refractivity contribution < 1.29 is 0 Å². The van der Waals surface area contributed by atoms with Crippen LogP contribution in [-0.2, 0) is 0 Å². The molecule has 0 heterocycles. The van der Waals surface area contributed by atoms with Crippen molar-refractivity contribution >= 4 is 0 Å². The van der Waals surface area contributed by atoms with Gasteiger partial charge in [0.05, 0.1) is 0 Å². The molecule has 2 atom stereocenters. The molecule has 0 amide bonds. The molecule has 0 unspecified atom stereocenters. The summed E-state index contributed by atoms with van der Waals surface area (Å²) in [4.78, 5) is 0. The van der Waals surface area contributed by atoms with Gasteiger partial charge in [0.25, 0.3) is 0 Å². The van der Waals surface area contributed by atoms with Crippen molar-refractivity contribution in [2.24, 2.45) is 17.6 Å². The fourth-order valence-corrected chi connectivity index (χ4v) is 1.71. The molecule has 1 nitrogen and oxygen atoms in total. The van der Waals surface area contributed by atoms with Crippen molar-refractivity contribution in [1.82, 2.24) is 0 Å². The van der Waals surface area contributed by atoms with E-state index in [1.54, 1.807) is 0 Å². The van der Waals surface area contributed by atoms with Crippen LogP contribution < -0.4 is 5.73 Å². The van der Waals surface area contributed by atoms with E-state index in [-0.39, 0.29) is 0 Å². The average Bonchev–Trinajstić information content (AvgIpc) is 1.83. The Hall–Kier alpha value is -0.0400. The Labute approximate surface area is 57.6 Å². The van der Waals surface area contributed by atoms with Crippen LogP contribution in [0.2, 0.25) is 0 Å². The highest BCUT2D eigenvalue weighted by Crippen LogP contribution is 2.26. The van der Waals surface area contributed by atoms with Gasteiger partial charge in [-0.3, -0.25) is 0 Å². The molecule has 0 spiro atoms. The summed E-state index contributed by atoms with van der Waals surface area (Å²) in [6, 6.07) is 0.471. The molecule has 2 N–H and O–H groups in total. The Morgan fingerprint density at radius 1 is 1.11 bits per heavy atom. The lowest BCUT2D eigenvalue weighted by Gasteiger charge is -2.31. The molecule has 9 heavy (non-hydrogen) atoms. The van der Waals surface area contributed by atoms with E-state index in [2.05, 4.69) is 13.8 Å². The second kappa shape index (κ2) is 2.70. The highest BCUT2D eigenvalue weighted by atomic mass is 14.7. The van der Waals surface area contributed by atoms with E-state index in [0.29, 0.717) is 6.04 Å². The predicted molar refractivity (Wildman–Crippen MR) is 40.2 cm³/mol. The van der Waals surface area contributed by atoms with Crippen LogP contribution in [0.5, 0.6) is 0 Å². The van der Waals surface area contributed by atoms with E-state index in [1.165, 1.54) is 19.3 Å². The number of hydrogen-bond donors (Lipinski definition) is 1. The summed E-state index contributed by atoms with van der Waals surface area (Å²) in [7, 11) is 0. The van der Waals surface area contributed by atoms with Gasteiger partial charge in [-0.2, -0.15) is 0 Å². The van der Waals surface area contributed by atoms with Crippen molar-refractivity contribution in [3.63, 3.8) is 0 Å². The van der Waals surface area contributed by atoms with E-state index < -0.39 is 0 Å². The zero-order valence-electron chi connectivity index (χ0n) is 6.43. The fourth-order valence-electron chi connectivity index (χ4n) is 1.71. The molecule has 0 aliphatic heterocycles. The lowest BCUT2D eigenvalue weighted by atomic mass is 9.79. The fraction of sp³-hybridized carbons (Fsp3) is 1.00. The molecule has 0 aromatic rings. The van der Waals surface area contributed by atoms with Crippen LogP contribution in [0.3, 0.4) is 0 Å². The molecule has 0 bridgehead atoms. The van der Waals surface area contributed by atoms with Gasteiger partial charge in [-0.1, -0.05) is 20.3 Å². The maximum Gasteiger partial charge on any atom is 0.00903 e. The standard InChI is InChI=1S/C8H17N/c1-6-4-3-5-7(2)8(6)9/h6-8H,3-5,9H2,1-2H3/t6-,7-/m1/s1. The first kappa shape index (κ1) is 7.07. The Kier molecular flexibility index (Phi) is 2.12. The smallest absolute Gasteiger partial charge is 0.00903 e. The van der Waals surface area contributed by atoms with Crippen LogP contribution in [0.4, 0.5) is 0 Å². The summed E-state index contributed by atoms with van der Waals surface area (Å²) in [5.74, 6) is 1.52. The van der Waals surface area contributed by atoms with Crippen LogP contribution in [0.25, 0.3) is 0 Å². The molecule has 1 aliphatic rings. The first-order valence-corrected chi connectivity index (χ1v) is 3.97. The summed E-state index contributed by atoms with van der Waals surface area (Å²) < 4.78 is 0. The monoisotopic (exact) mass is 127 g/mol. The lowest BCUT2D eigenvalue weighted by Crippen LogP contribution is -2.37. The molecule has 1 aliphatic carbocycles. The Morgan fingerprint density at radius 2 is 1.56 bits per heavy atom. The molecule has 0 saturated heterocycles. The molecular weight excluding hydrogens is 110 g/mol. The zero-order chi connectivity index (χ0) is 6.85. The van der Waals surface area contributed by atoms with E-state index in [9.17, 15) is 0 Å². The molecule has 54 valence electrons. The molecule has 1 rings (SSSR count). The van der Waals surface area contributed by atoms with Gasteiger partial charge in [0.15, 0.2) is 0 Å². The molecule has 1 saturated carbocycles. The Morgan fingerprint density at radius 3 is 1.89 bits per heavy atom. The molecule has 0 radical (unpaired) electrons.